The smallest absolute Gasteiger partial charge is 0.341 e. The molecule has 14 heteroatoms. The lowest BCUT2D eigenvalue weighted by Crippen LogP contribution is -2.49. The van der Waals surface area contributed by atoms with Gasteiger partial charge in [0.1, 0.15) is 11.0 Å². The fourth-order valence-corrected chi connectivity index (χ4v) is 7.37. The molecule has 0 saturated heterocycles. The monoisotopic (exact) mass is 662 g/mol. The van der Waals surface area contributed by atoms with Crippen molar-refractivity contribution in [1.29, 1.82) is 0 Å². The van der Waals surface area contributed by atoms with E-state index in [0.717, 1.165) is 23.3 Å². The molecule has 41 heavy (non-hydrogen) atoms. The van der Waals surface area contributed by atoms with Crippen molar-refractivity contribution in [2.24, 2.45) is 11.8 Å². The molecule has 1 aliphatic carbocycles. The van der Waals surface area contributed by atoms with Gasteiger partial charge in [0, 0.05) is 4.88 Å². The van der Waals surface area contributed by atoms with Gasteiger partial charge < -0.3 is 14.8 Å². The van der Waals surface area contributed by atoms with Crippen LogP contribution >= 0.6 is 57.7 Å². The quantitative estimate of drug-likeness (QED) is 0.149. The van der Waals surface area contributed by atoms with Crippen LogP contribution in [0.5, 0.6) is 0 Å². The predicted molar refractivity (Wildman–Crippen MR) is 157 cm³/mol. The highest BCUT2D eigenvalue weighted by Crippen LogP contribution is 2.46. The number of imide groups is 1. The van der Waals surface area contributed by atoms with Gasteiger partial charge in [-0.25, -0.2) is 9.59 Å². The van der Waals surface area contributed by atoms with Crippen LogP contribution in [0.3, 0.4) is 0 Å². The summed E-state index contributed by atoms with van der Waals surface area (Å²) in [5, 5.41) is 2.05. The molecule has 0 saturated carbocycles. The Hall–Kier alpha value is -2.37. The molecular formula is C27H26Cl4N2O7S. The molecule has 1 aromatic heterocycles. The van der Waals surface area contributed by atoms with E-state index in [0.29, 0.717) is 27.8 Å². The lowest BCUT2D eigenvalue weighted by atomic mass is 9.88. The number of hydrogen-bond donors (Lipinski definition) is 1. The van der Waals surface area contributed by atoms with Crippen molar-refractivity contribution in [3.63, 3.8) is 0 Å². The Labute approximate surface area is 260 Å². The summed E-state index contributed by atoms with van der Waals surface area (Å²) in [6.07, 6.45) is 2.37. The Morgan fingerprint density at radius 1 is 1.00 bits per heavy atom. The van der Waals surface area contributed by atoms with E-state index in [1.807, 2.05) is 0 Å². The van der Waals surface area contributed by atoms with E-state index in [1.54, 1.807) is 20.8 Å². The number of amides is 3. The van der Waals surface area contributed by atoms with Crippen LogP contribution < -0.4 is 5.32 Å². The maximum Gasteiger partial charge on any atom is 0.341 e. The van der Waals surface area contributed by atoms with E-state index in [1.165, 1.54) is 11.3 Å². The Morgan fingerprint density at radius 2 is 1.59 bits per heavy atom. The molecule has 9 nitrogen and oxygen atoms in total. The van der Waals surface area contributed by atoms with Crippen LogP contribution in [0.1, 0.15) is 75.6 Å². The third-order valence-corrected chi connectivity index (χ3v) is 9.85. The van der Waals surface area contributed by atoms with Crippen molar-refractivity contribution in [2.45, 2.75) is 53.0 Å². The molecule has 2 atom stereocenters. The first-order chi connectivity index (χ1) is 19.3. The minimum atomic E-state index is -1.41. The highest BCUT2D eigenvalue weighted by atomic mass is 35.5. The number of carbonyl (C=O) groups is 5. The van der Waals surface area contributed by atoms with Crippen LogP contribution in [-0.2, 0) is 31.9 Å². The molecule has 3 amide bonds. The van der Waals surface area contributed by atoms with Gasteiger partial charge in [-0.2, -0.15) is 0 Å². The van der Waals surface area contributed by atoms with Crippen LogP contribution in [0.25, 0.3) is 0 Å². The molecular weight excluding hydrogens is 638 g/mol. The van der Waals surface area contributed by atoms with Crippen LogP contribution in [0, 0.1) is 11.8 Å². The number of ether oxygens (including phenoxy) is 2. The molecule has 0 bridgehead atoms. The van der Waals surface area contributed by atoms with Gasteiger partial charge in [0.05, 0.1) is 43.4 Å². The summed E-state index contributed by atoms with van der Waals surface area (Å²) < 4.78 is 10.5. The number of thiophene rings is 1. The lowest BCUT2D eigenvalue weighted by Gasteiger charge is -2.27. The number of esters is 2. The maximum atomic E-state index is 13.3. The molecule has 2 heterocycles. The molecule has 1 aromatic carbocycles. The summed E-state index contributed by atoms with van der Waals surface area (Å²) in [5.41, 5.74) is 0.641. The minimum Gasteiger partial charge on any atom is -0.462 e. The fraction of sp³-hybridized carbons (Fsp3) is 0.444. The largest absolute Gasteiger partial charge is 0.462 e. The molecule has 220 valence electrons. The summed E-state index contributed by atoms with van der Waals surface area (Å²) in [6, 6.07) is -1.41. The van der Waals surface area contributed by atoms with Gasteiger partial charge in [0.25, 0.3) is 17.7 Å². The van der Waals surface area contributed by atoms with Gasteiger partial charge in [-0.15, -0.1) is 11.3 Å². The minimum absolute atomic E-state index is 0.175. The van der Waals surface area contributed by atoms with E-state index in [2.05, 4.69) is 12.2 Å². The van der Waals surface area contributed by atoms with Crippen molar-refractivity contribution >= 4 is 92.4 Å². The fourth-order valence-electron chi connectivity index (χ4n) is 4.94. The second kappa shape index (κ2) is 12.5. The maximum absolute atomic E-state index is 13.3. The summed E-state index contributed by atoms with van der Waals surface area (Å²) in [4.78, 5) is 67.0. The van der Waals surface area contributed by atoms with Crippen LogP contribution in [0.4, 0.5) is 5.00 Å². The third kappa shape index (κ3) is 5.82. The van der Waals surface area contributed by atoms with Gasteiger partial charge in [-0.1, -0.05) is 67.2 Å². The molecule has 4 rings (SSSR count). The summed E-state index contributed by atoms with van der Waals surface area (Å²) in [6.45, 7) is 6.46. The average Bonchev–Trinajstić information content (AvgIpc) is 3.38. The zero-order valence-corrected chi connectivity index (χ0v) is 26.3. The zero-order chi connectivity index (χ0) is 30.3. The number of rotatable bonds is 8. The zero-order valence-electron chi connectivity index (χ0n) is 22.5. The van der Waals surface area contributed by atoms with E-state index in [9.17, 15) is 24.0 Å². The Morgan fingerprint density at radius 3 is 2.12 bits per heavy atom. The lowest BCUT2D eigenvalue weighted by molar-refractivity contribution is -0.152. The Kier molecular flexibility index (Phi) is 9.60. The van der Waals surface area contributed by atoms with Gasteiger partial charge in [0.15, 0.2) is 6.61 Å². The van der Waals surface area contributed by atoms with E-state index >= 15 is 0 Å². The summed E-state index contributed by atoms with van der Waals surface area (Å²) in [5.74, 6) is -4.20. The summed E-state index contributed by atoms with van der Waals surface area (Å²) >= 11 is 25.9. The number of nitrogens with one attached hydrogen (secondary N) is 1. The highest BCUT2D eigenvalue weighted by molar-refractivity contribution is 7.17. The standard InChI is InChI=1S/C27H26Cl4N2O7S/c1-5-39-26(37)15-12-7-6-11(4)8-13(12)41-23(15)32-14(34)9-40-27(38)22(10(2)3)33-24(35)16-17(25(33)36)19(29)21(31)20(30)18(16)28/h10-11,22H,5-9H2,1-4H3,(H,32,34)/t11-,22+/m1/s1. The van der Waals surface area contributed by atoms with Crippen LogP contribution in [0.15, 0.2) is 0 Å². The van der Waals surface area contributed by atoms with Gasteiger partial charge >= 0.3 is 11.9 Å². The van der Waals surface area contributed by atoms with Gasteiger partial charge in [0.2, 0.25) is 0 Å². The predicted octanol–water partition coefficient (Wildman–Crippen LogP) is 6.47. The summed E-state index contributed by atoms with van der Waals surface area (Å²) in [7, 11) is 0. The highest BCUT2D eigenvalue weighted by Gasteiger charge is 2.48. The molecule has 0 unspecified atom stereocenters. The second-order valence-corrected chi connectivity index (χ2v) is 12.7. The first kappa shape index (κ1) is 31.6. The molecule has 1 N–H and O–H groups in total. The van der Waals surface area contributed by atoms with Crippen molar-refractivity contribution in [3.05, 3.63) is 47.2 Å². The van der Waals surface area contributed by atoms with Crippen molar-refractivity contribution in [1.82, 2.24) is 4.90 Å². The molecule has 0 fully saturated rings. The van der Waals surface area contributed by atoms with Gasteiger partial charge in [-0.05, 0) is 43.6 Å². The van der Waals surface area contributed by atoms with E-state index < -0.39 is 48.2 Å². The third-order valence-electron chi connectivity index (χ3n) is 6.87. The van der Waals surface area contributed by atoms with E-state index in [-0.39, 0.29) is 37.8 Å². The Bertz CT molecular complexity index is 1430. The molecule has 2 aromatic rings. The molecule has 0 radical (unpaired) electrons. The molecule has 0 spiro atoms. The van der Waals surface area contributed by atoms with Crippen LogP contribution in [-0.4, -0.2) is 53.8 Å². The normalized spacial score (nSPS) is 16.9. The number of hydrogen-bond acceptors (Lipinski definition) is 8. The Balaban J connectivity index is 1.52. The molecule has 1 aliphatic heterocycles. The number of fused-ring (bicyclic) bond motifs is 2. The average molecular weight is 664 g/mol. The number of nitrogens with zero attached hydrogens (tertiary/aromatic N) is 1. The van der Waals surface area contributed by atoms with Gasteiger partial charge in [-0.3, -0.25) is 19.3 Å². The topological polar surface area (TPSA) is 119 Å². The van der Waals surface area contributed by atoms with E-state index in [4.69, 9.17) is 55.9 Å². The number of halogens is 4. The van der Waals surface area contributed by atoms with Crippen molar-refractivity contribution < 1.29 is 33.4 Å². The number of benzene rings is 1. The second-order valence-electron chi connectivity index (χ2n) is 10.1. The first-order valence-corrected chi connectivity index (χ1v) is 15.1. The first-order valence-electron chi connectivity index (χ1n) is 12.8. The number of carbonyl (C=O) groups excluding carboxylic acids is 5. The van der Waals surface area contributed by atoms with Crippen molar-refractivity contribution in [3.8, 4) is 0 Å². The SMILES string of the molecule is CCOC(=O)c1c(NC(=O)COC(=O)[C@H](C(C)C)N2C(=O)c3c(Cl)c(Cl)c(Cl)c(Cl)c3C2=O)sc2c1CC[C@@H](C)C2. The van der Waals surface area contributed by atoms with Crippen molar-refractivity contribution in [2.75, 3.05) is 18.5 Å². The van der Waals surface area contributed by atoms with Crippen LogP contribution in [0.2, 0.25) is 20.1 Å². The number of anilines is 1. The molecule has 2 aliphatic rings.